The summed E-state index contributed by atoms with van der Waals surface area (Å²) in [6.45, 7) is 0. The third-order valence-electron chi connectivity index (χ3n) is 3.81. The van der Waals surface area contributed by atoms with E-state index in [1.807, 2.05) is 0 Å². The maximum absolute atomic E-state index is 12.6. The smallest absolute Gasteiger partial charge is 0.327 e. The number of hydrogen-bond donors (Lipinski definition) is 8. The Morgan fingerprint density at radius 3 is 1.87 bits per heavy atom. The lowest BCUT2D eigenvalue weighted by atomic mass is 10.1. The lowest BCUT2D eigenvalue weighted by molar-refractivity contribution is -0.143. The summed E-state index contributed by atoms with van der Waals surface area (Å²) in [6.07, 6.45) is 0.575. The first-order valence-corrected chi connectivity index (χ1v) is 10.9. The molecule has 0 saturated heterocycles. The molecular formula is C16H27N5O8S2. The van der Waals surface area contributed by atoms with Crippen LogP contribution in [0.4, 0.5) is 0 Å². The van der Waals surface area contributed by atoms with Crippen LogP contribution in [-0.2, 0) is 28.8 Å². The highest BCUT2D eigenvalue weighted by molar-refractivity contribution is 7.98. The second-order valence-corrected chi connectivity index (χ2v) is 7.71. The summed E-state index contributed by atoms with van der Waals surface area (Å²) in [7, 11) is 0. The molecule has 4 amide bonds. The van der Waals surface area contributed by atoms with E-state index in [4.69, 9.17) is 21.7 Å². The highest BCUT2D eigenvalue weighted by Crippen LogP contribution is 2.04. The Kier molecular flexibility index (Phi) is 13.3. The predicted octanol–water partition coefficient (Wildman–Crippen LogP) is -3.11. The molecule has 0 aromatic heterocycles. The van der Waals surface area contributed by atoms with Crippen molar-refractivity contribution in [3.63, 3.8) is 0 Å². The van der Waals surface area contributed by atoms with E-state index in [0.717, 1.165) is 0 Å². The summed E-state index contributed by atoms with van der Waals surface area (Å²) in [4.78, 5) is 70.2. The summed E-state index contributed by atoms with van der Waals surface area (Å²) >= 11 is 5.16. The number of thiol groups is 1. The Morgan fingerprint density at radius 2 is 1.42 bits per heavy atom. The van der Waals surface area contributed by atoms with Gasteiger partial charge in [-0.3, -0.25) is 24.0 Å². The Bertz CT molecular complexity index is 693. The van der Waals surface area contributed by atoms with Gasteiger partial charge in [0.15, 0.2) is 0 Å². The molecule has 0 fully saturated rings. The molecule has 0 saturated carbocycles. The molecule has 13 nitrogen and oxygen atoms in total. The number of primary amides is 1. The second-order valence-electron chi connectivity index (χ2n) is 6.36. The summed E-state index contributed by atoms with van der Waals surface area (Å²) < 4.78 is 0. The van der Waals surface area contributed by atoms with E-state index in [1.54, 1.807) is 6.26 Å². The molecule has 31 heavy (non-hydrogen) atoms. The zero-order chi connectivity index (χ0) is 24.1. The zero-order valence-electron chi connectivity index (χ0n) is 16.7. The van der Waals surface area contributed by atoms with Crippen LogP contribution in [0.15, 0.2) is 0 Å². The third-order valence-corrected chi connectivity index (χ3v) is 4.82. The zero-order valence-corrected chi connectivity index (χ0v) is 18.4. The van der Waals surface area contributed by atoms with Crippen molar-refractivity contribution in [2.75, 3.05) is 17.8 Å². The fourth-order valence-corrected chi connectivity index (χ4v) is 2.93. The van der Waals surface area contributed by atoms with E-state index >= 15 is 0 Å². The molecule has 0 aliphatic heterocycles. The minimum atomic E-state index is -1.61. The van der Waals surface area contributed by atoms with Gasteiger partial charge in [-0.05, 0) is 18.4 Å². The van der Waals surface area contributed by atoms with E-state index < -0.39 is 72.6 Å². The van der Waals surface area contributed by atoms with Crippen molar-refractivity contribution in [3.8, 4) is 0 Å². The maximum atomic E-state index is 12.6. The standard InChI is InChI=1S/C16H27N5O8S2/c1-31-3-2-8(19-13(25)7(17)4-11(18)22)14(26)20-9(5-12(23)24)15(27)21-10(6-30)16(28)29/h7-10,30H,2-6,17H2,1H3,(H2,18,22)(H,19,25)(H,20,26)(H,21,27)(H,23,24)(H,28,29). The summed E-state index contributed by atoms with van der Waals surface area (Å²) in [5, 5.41) is 24.7. The molecule has 4 unspecified atom stereocenters. The average Bonchev–Trinajstić information content (AvgIpc) is 2.66. The molecule has 15 heteroatoms. The minimum Gasteiger partial charge on any atom is -0.481 e. The van der Waals surface area contributed by atoms with Gasteiger partial charge in [0, 0.05) is 5.75 Å². The number of nitrogens with one attached hydrogen (secondary N) is 3. The van der Waals surface area contributed by atoms with Crippen LogP contribution in [0, 0.1) is 0 Å². The van der Waals surface area contributed by atoms with Crippen LogP contribution >= 0.6 is 24.4 Å². The molecule has 0 heterocycles. The highest BCUT2D eigenvalue weighted by atomic mass is 32.2. The van der Waals surface area contributed by atoms with E-state index in [0.29, 0.717) is 5.75 Å². The number of nitrogens with two attached hydrogens (primary N) is 2. The van der Waals surface area contributed by atoms with Gasteiger partial charge in [-0.1, -0.05) is 0 Å². The molecule has 0 bridgehead atoms. The molecule has 0 rings (SSSR count). The number of aliphatic carboxylic acids is 2. The average molecular weight is 482 g/mol. The number of carbonyl (C=O) groups is 6. The van der Waals surface area contributed by atoms with Crippen LogP contribution < -0.4 is 27.4 Å². The molecule has 0 aromatic rings. The van der Waals surface area contributed by atoms with Crippen molar-refractivity contribution in [1.29, 1.82) is 0 Å². The summed E-state index contributed by atoms with van der Waals surface area (Å²) in [6, 6.07) is -5.50. The number of carbonyl (C=O) groups excluding carboxylic acids is 4. The Labute approximate surface area is 187 Å². The van der Waals surface area contributed by atoms with Gasteiger partial charge < -0.3 is 37.6 Å². The minimum absolute atomic E-state index is 0.109. The van der Waals surface area contributed by atoms with E-state index in [1.165, 1.54) is 11.8 Å². The van der Waals surface area contributed by atoms with Gasteiger partial charge >= 0.3 is 11.9 Å². The molecular weight excluding hydrogens is 454 g/mol. The lowest BCUT2D eigenvalue weighted by Crippen LogP contribution is -2.58. The second kappa shape index (κ2) is 14.5. The topological polar surface area (TPSA) is 231 Å². The highest BCUT2D eigenvalue weighted by Gasteiger charge is 2.31. The Morgan fingerprint density at radius 1 is 0.903 bits per heavy atom. The molecule has 4 atom stereocenters. The molecule has 0 aliphatic rings. The van der Waals surface area contributed by atoms with E-state index in [9.17, 15) is 28.8 Å². The van der Waals surface area contributed by atoms with Crippen LogP contribution in [0.5, 0.6) is 0 Å². The Balaban J connectivity index is 5.40. The summed E-state index contributed by atoms with van der Waals surface area (Å²) in [5.41, 5.74) is 10.5. The molecule has 9 N–H and O–H groups in total. The number of rotatable bonds is 15. The normalized spacial score (nSPS) is 14.4. The fourth-order valence-electron chi connectivity index (χ4n) is 2.21. The first-order valence-electron chi connectivity index (χ1n) is 8.92. The largest absolute Gasteiger partial charge is 0.481 e. The van der Waals surface area contributed by atoms with Crippen molar-refractivity contribution >= 4 is 60.0 Å². The van der Waals surface area contributed by atoms with Crippen molar-refractivity contribution in [3.05, 3.63) is 0 Å². The SMILES string of the molecule is CSCCC(NC(=O)C(N)CC(N)=O)C(=O)NC(CC(=O)O)C(=O)NC(CS)C(=O)O. The van der Waals surface area contributed by atoms with Gasteiger partial charge in [-0.2, -0.15) is 24.4 Å². The first kappa shape index (κ1) is 28.5. The third kappa shape index (κ3) is 11.4. The quantitative estimate of drug-likeness (QED) is 0.110. The van der Waals surface area contributed by atoms with Gasteiger partial charge in [0.05, 0.1) is 18.9 Å². The van der Waals surface area contributed by atoms with Crippen molar-refractivity contribution in [1.82, 2.24) is 16.0 Å². The molecule has 0 aromatic carbocycles. The molecule has 0 radical (unpaired) electrons. The van der Waals surface area contributed by atoms with Crippen LogP contribution in [0.1, 0.15) is 19.3 Å². The van der Waals surface area contributed by atoms with Crippen molar-refractivity contribution in [2.24, 2.45) is 11.5 Å². The predicted molar refractivity (Wildman–Crippen MR) is 114 cm³/mol. The van der Waals surface area contributed by atoms with Gasteiger partial charge in [0.1, 0.15) is 18.1 Å². The van der Waals surface area contributed by atoms with Gasteiger partial charge in [-0.15, -0.1) is 0 Å². The van der Waals surface area contributed by atoms with E-state index in [2.05, 4.69) is 28.6 Å². The van der Waals surface area contributed by atoms with Crippen LogP contribution in [0.3, 0.4) is 0 Å². The number of carboxylic acids is 2. The van der Waals surface area contributed by atoms with Crippen molar-refractivity contribution < 1.29 is 39.0 Å². The molecule has 0 spiro atoms. The van der Waals surface area contributed by atoms with Gasteiger partial charge in [-0.25, -0.2) is 4.79 Å². The maximum Gasteiger partial charge on any atom is 0.327 e. The monoisotopic (exact) mass is 481 g/mol. The van der Waals surface area contributed by atoms with Crippen LogP contribution in [0.25, 0.3) is 0 Å². The van der Waals surface area contributed by atoms with Gasteiger partial charge in [0.25, 0.3) is 0 Å². The fraction of sp³-hybridized carbons (Fsp3) is 0.625. The van der Waals surface area contributed by atoms with E-state index in [-0.39, 0.29) is 12.2 Å². The number of carboxylic acid groups (broad SMARTS) is 2. The number of hydrogen-bond acceptors (Lipinski definition) is 9. The van der Waals surface area contributed by atoms with Crippen LogP contribution in [0.2, 0.25) is 0 Å². The molecule has 0 aliphatic carbocycles. The molecule has 176 valence electrons. The lowest BCUT2D eigenvalue weighted by Gasteiger charge is -2.24. The Hall–Kier alpha value is -2.52. The first-order chi connectivity index (χ1) is 14.4. The number of amides is 4. The van der Waals surface area contributed by atoms with Gasteiger partial charge in [0.2, 0.25) is 23.6 Å². The van der Waals surface area contributed by atoms with Crippen LogP contribution in [-0.4, -0.2) is 87.7 Å². The number of thioether (sulfide) groups is 1. The van der Waals surface area contributed by atoms with Crippen molar-refractivity contribution in [2.45, 2.75) is 43.4 Å². The summed E-state index contributed by atoms with van der Waals surface area (Å²) in [5.74, 6) is -6.24.